The highest BCUT2D eigenvalue weighted by molar-refractivity contribution is 5.86. The van der Waals surface area contributed by atoms with Crippen molar-refractivity contribution in [1.29, 1.82) is 0 Å². The fourth-order valence-corrected chi connectivity index (χ4v) is 1.63. The average Bonchev–Trinajstić information content (AvgIpc) is 2.43. The molecule has 1 rings (SSSR count). The molecule has 0 saturated carbocycles. The SMILES string of the molecule is C=CCC1(CC(=O)O)O[C@@H](C(C)(C)C)OC1=O. The van der Waals surface area contributed by atoms with Crippen LogP contribution in [0.5, 0.6) is 0 Å². The van der Waals surface area contributed by atoms with E-state index in [-0.39, 0.29) is 6.42 Å². The molecule has 17 heavy (non-hydrogen) atoms. The molecule has 1 unspecified atom stereocenters. The Labute approximate surface area is 100 Å². The quantitative estimate of drug-likeness (QED) is 0.600. The Morgan fingerprint density at radius 1 is 1.59 bits per heavy atom. The standard InChI is InChI=1S/C12H18O5/c1-5-6-12(7-8(13)14)9(15)16-10(17-12)11(2,3)4/h5,10H,1,6-7H2,2-4H3,(H,13,14)/t10-,12?/m0/s1. The number of hydrogen-bond acceptors (Lipinski definition) is 4. The molecule has 1 heterocycles. The minimum Gasteiger partial charge on any atom is -0.481 e. The second-order valence-corrected chi connectivity index (χ2v) is 5.28. The molecule has 1 aliphatic heterocycles. The zero-order valence-corrected chi connectivity index (χ0v) is 10.4. The van der Waals surface area contributed by atoms with Gasteiger partial charge >= 0.3 is 11.9 Å². The van der Waals surface area contributed by atoms with Crippen LogP contribution in [-0.2, 0) is 19.1 Å². The van der Waals surface area contributed by atoms with Crippen molar-refractivity contribution in [2.24, 2.45) is 5.41 Å². The van der Waals surface area contributed by atoms with Gasteiger partial charge in [0.2, 0.25) is 6.29 Å². The van der Waals surface area contributed by atoms with E-state index in [1.54, 1.807) is 0 Å². The highest BCUT2D eigenvalue weighted by atomic mass is 16.8. The van der Waals surface area contributed by atoms with Crippen LogP contribution in [0.3, 0.4) is 0 Å². The Bertz CT molecular complexity index is 341. The van der Waals surface area contributed by atoms with Crippen LogP contribution >= 0.6 is 0 Å². The van der Waals surface area contributed by atoms with Crippen LogP contribution < -0.4 is 0 Å². The molecule has 2 atom stereocenters. The summed E-state index contributed by atoms with van der Waals surface area (Å²) in [5, 5.41) is 8.85. The third kappa shape index (κ3) is 2.85. The summed E-state index contributed by atoms with van der Waals surface area (Å²) < 4.78 is 10.7. The Hall–Kier alpha value is -1.36. The summed E-state index contributed by atoms with van der Waals surface area (Å²) >= 11 is 0. The predicted molar refractivity (Wildman–Crippen MR) is 60.2 cm³/mol. The topological polar surface area (TPSA) is 72.8 Å². The number of carboxylic acid groups (broad SMARTS) is 1. The fourth-order valence-electron chi connectivity index (χ4n) is 1.63. The van der Waals surface area contributed by atoms with Gasteiger partial charge in [0.25, 0.3) is 0 Å². The number of carbonyl (C=O) groups is 2. The zero-order chi connectivity index (χ0) is 13.3. The lowest BCUT2D eigenvalue weighted by molar-refractivity contribution is -0.159. The molecule has 0 spiro atoms. The molecular formula is C12H18O5. The molecule has 0 aliphatic carbocycles. The number of esters is 1. The maximum atomic E-state index is 11.8. The van der Waals surface area contributed by atoms with Crippen molar-refractivity contribution in [2.75, 3.05) is 0 Å². The largest absolute Gasteiger partial charge is 0.481 e. The van der Waals surface area contributed by atoms with E-state index in [0.717, 1.165) is 0 Å². The number of rotatable bonds is 4. The molecule has 0 aromatic heterocycles. The third-order valence-corrected chi connectivity index (χ3v) is 2.54. The van der Waals surface area contributed by atoms with Crippen molar-refractivity contribution >= 4 is 11.9 Å². The lowest BCUT2D eigenvalue weighted by atomic mass is 9.94. The second kappa shape index (κ2) is 4.49. The summed E-state index contributed by atoms with van der Waals surface area (Å²) in [6.07, 6.45) is 0.457. The summed E-state index contributed by atoms with van der Waals surface area (Å²) in [7, 11) is 0. The van der Waals surface area contributed by atoms with E-state index in [1.807, 2.05) is 20.8 Å². The van der Waals surface area contributed by atoms with Crippen molar-refractivity contribution in [3.05, 3.63) is 12.7 Å². The van der Waals surface area contributed by atoms with E-state index < -0.39 is 35.7 Å². The maximum absolute atomic E-state index is 11.8. The summed E-state index contributed by atoms with van der Waals surface area (Å²) in [5.74, 6) is -1.72. The first-order valence-corrected chi connectivity index (χ1v) is 5.43. The van der Waals surface area contributed by atoms with Crippen LogP contribution in [0, 0.1) is 5.41 Å². The molecule has 1 fully saturated rings. The van der Waals surface area contributed by atoms with Gasteiger partial charge in [0.15, 0.2) is 5.60 Å². The predicted octanol–water partition coefficient (Wildman–Crippen LogP) is 1.72. The molecule has 0 bridgehead atoms. The number of carbonyl (C=O) groups excluding carboxylic acids is 1. The van der Waals surface area contributed by atoms with Crippen LogP contribution in [0.4, 0.5) is 0 Å². The first-order valence-electron chi connectivity index (χ1n) is 5.43. The van der Waals surface area contributed by atoms with Crippen LogP contribution in [0.15, 0.2) is 12.7 Å². The molecule has 0 aromatic rings. The first kappa shape index (κ1) is 13.7. The zero-order valence-electron chi connectivity index (χ0n) is 10.4. The van der Waals surface area contributed by atoms with Gasteiger partial charge in [0, 0.05) is 11.8 Å². The summed E-state index contributed by atoms with van der Waals surface area (Å²) in [6.45, 7) is 9.09. The van der Waals surface area contributed by atoms with Crippen molar-refractivity contribution in [3.8, 4) is 0 Å². The normalized spacial score (nSPS) is 28.9. The van der Waals surface area contributed by atoms with Crippen LogP contribution in [0.25, 0.3) is 0 Å². The first-order chi connectivity index (χ1) is 7.71. The van der Waals surface area contributed by atoms with E-state index >= 15 is 0 Å². The van der Waals surface area contributed by atoms with E-state index in [2.05, 4.69) is 6.58 Å². The number of aliphatic carboxylic acids is 1. The third-order valence-electron chi connectivity index (χ3n) is 2.54. The Morgan fingerprint density at radius 2 is 2.18 bits per heavy atom. The van der Waals surface area contributed by atoms with Gasteiger partial charge in [-0.1, -0.05) is 26.8 Å². The van der Waals surface area contributed by atoms with Gasteiger partial charge < -0.3 is 14.6 Å². The van der Waals surface area contributed by atoms with Gasteiger partial charge in [0.1, 0.15) is 0 Å². The molecule has 5 heteroatoms. The second-order valence-electron chi connectivity index (χ2n) is 5.28. The van der Waals surface area contributed by atoms with E-state index in [9.17, 15) is 9.59 Å². The molecule has 0 amide bonds. The summed E-state index contributed by atoms with van der Waals surface area (Å²) in [6, 6.07) is 0. The highest BCUT2D eigenvalue weighted by Crippen LogP contribution is 2.38. The monoisotopic (exact) mass is 242 g/mol. The maximum Gasteiger partial charge on any atom is 0.341 e. The number of hydrogen-bond donors (Lipinski definition) is 1. The minimum atomic E-state index is -1.43. The smallest absolute Gasteiger partial charge is 0.341 e. The van der Waals surface area contributed by atoms with E-state index in [4.69, 9.17) is 14.6 Å². The van der Waals surface area contributed by atoms with Crippen LogP contribution in [0.1, 0.15) is 33.6 Å². The molecular weight excluding hydrogens is 224 g/mol. The number of carboxylic acids is 1. The Morgan fingerprint density at radius 3 is 2.53 bits per heavy atom. The lowest BCUT2D eigenvalue weighted by Gasteiger charge is -2.26. The highest BCUT2D eigenvalue weighted by Gasteiger charge is 2.53. The van der Waals surface area contributed by atoms with Crippen LogP contribution in [-0.4, -0.2) is 28.9 Å². The van der Waals surface area contributed by atoms with Crippen molar-refractivity contribution in [3.63, 3.8) is 0 Å². The van der Waals surface area contributed by atoms with Gasteiger partial charge in [-0.3, -0.25) is 4.79 Å². The summed E-state index contributed by atoms with van der Waals surface area (Å²) in [5.41, 5.74) is -1.82. The molecule has 0 radical (unpaired) electrons. The van der Waals surface area contributed by atoms with Gasteiger partial charge in [-0.2, -0.15) is 0 Å². The van der Waals surface area contributed by atoms with Gasteiger partial charge in [-0.05, 0) is 0 Å². The van der Waals surface area contributed by atoms with Gasteiger partial charge in [-0.25, -0.2) is 4.79 Å². The Kier molecular flexibility index (Phi) is 3.62. The number of ether oxygens (including phenoxy) is 2. The average molecular weight is 242 g/mol. The minimum absolute atomic E-state index is 0.130. The molecule has 96 valence electrons. The molecule has 0 aromatic carbocycles. The Balaban J connectivity index is 2.96. The number of cyclic esters (lactones) is 1. The molecule has 5 nitrogen and oxygen atoms in total. The van der Waals surface area contributed by atoms with Gasteiger partial charge in [0.05, 0.1) is 6.42 Å². The van der Waals surface area contributed by atoms with Crippen LogP contribution in [0.2, 0.25) is 0 Å². The lowest BCUT2D eigenvalue weighted by Crippen LogP contribution is -2.39. The van der Waals surface area contributed by atoms with E-state index in [1.165, 1.54) is 6.08 Å². The van der Waals surface area contributed by atoms with Crippen molar-refractivity contribution in [1.82, 2.24) is 0 Å². The fraction of sp³-hybridized carbons (Fsp3) is 0.667. The molecule has 1 saturated heterocycles. The molecule has 1 aliphatic rings. The summed E-state index contributed by atoms with van der Waals surface area (Å²) in [4.78, 5) is 22.6. The van der Waals surface area contributed by atoms with E-state index in [0.29, 0.717) is 0 Å². The van der Waals surface area contributed by atoms with Crippen molar-refractivity contribution in [2.45, 2.75) is 45.5 Å². The van der Waals surface area contributed by atoms with Gasteiger partial charge in [-0.15, -0.1) is 6.58 Å². The molecule has 1 N–H and O–H groups in total. The van der Waals surface area contributed by atoms with Crippen molar-refractivity contribution < 1.29 is 24.2 Å².